The summed E-state index contributed by atoms with van der Waals surface area (Å²) in [6.45, 7) is 0. The smallest absolute Gasteiger partial charge is 0.357 e. The van der Waals surface area contributed by atoms with E-state index in [1.165, 1.54) is 6.08 Å². The van der Waals surface area contributed by atoms with Crippen molar-refractivity contribution < 1.29 is 19.1 Å². The lowest BCUT2D eigenvalue weighted by molar-refractivity contribution is -0.153. The lowest BCUT2D eigenvalue weighted by Crippen LogP contribution is -2.31. The summed E-state index contributed by atoms with van der Waals surface area (Å²) in [4.78, 5) is 22.5. The Morgan fingerprint density at radius 3 is 2.80 bits per heavy atom. The summed E-state index contributed by atoms with van der Waals surface area (Å²) in [5.41, 5.74) is 1.33. The maximum atomic E-state index is 11.4. The molecule has 1 atom stereocenters. The molecule has 15 heavy (non-hydrogen) atoms. The quantitative estimate of drug-likeness (QED) is 0.463. The van der Waals surface area contributed by atoms with Crippen molar-refractivity contribution in [2.75, 3.05) is 0 Å². The lowest BCUT2D eigenvalue weighted by Gasteiger charge is -2.21. The monoisotopic (exact) mass is 202 g/mol. The van der Waals surface area contributed by atoms with Crippen LogP contribution in [0.25, 0.3) is 5.57 Å². The number of carbonyl (C=O) groups is 2. The fourth-order valence-corrected chi connectivity index (χ4v) is 1.77. The van der Waals surface area contributed by atoms with Crippen molar-refractivity contribution >= 4 is 17.5 Å². The highest BCUT2D eigenvalue weighted by atomic mass is 16.6. The molecular formula is C11H6O4. The molecule has 0 saturated carbocycles. The molecular weight excluding hydrogens is 196 g/mol. The molecule has 0 aliphatic carbocycles. The summed E-state index contributed by atoms with van der Waals surface area (Å²) in [6.07, 6.45) is 0.455. The van der Waals surface area contributed by atoms with Crippen molar-refractivity contribution in [1.29, 1.82) is 0 Å². The first-order valence-corrected chi connectivity index (χ1v) is 4.49. The zero-order valence-corrected chi connectivity index (χ0v) is 7.60. The summed E-state index contributed by atoms with van der Waals surface area (Å²) in [7, 11) is 0. The summed E-state index contributed by atoms with van der Waals surface area (Å²) >= 11 is 0. The minimum atomic E-state index is -0.882. The Morgan fingerprint density at radius 2 is 1.93 bits per heavy atom. The number of carbonyl (C=O) groups excluding carboxylic acids is 2. The Morgan fingerprint density at radius 1 is 1.13 bits per heavy atom. The van der Waals surface area contributed by atoms with Gasteiger partial charge in [-0.1, -0.05) is 18.2 Å². The SMILES string of the molecule is O=C1C=C2c3ccccc3OC(=O)C2O1. The van der Waals surface area contributed by atoms with Crippen LogP contribution in [0.4, 0.5) is 0 Å². The number of para-hydroxylation sites is 1. The van der Waals surface area contributed by atoms with E-state index >= 15 is 0 Å². The molecule has 0 radical (unpaired) electrons. The third-order valence-corrected chi connectivity index (χ3v) is 2.41. The second-order valence-electron chi connectivity index (χ2n) is 3.33. The van der Waals surface area contributed by atoms with Crippen LogP contribution in [-0.4, -0.2) is 18.0 Å². The number of rotatable bonds is 0. The Balaban J connectivity index is 2.22. The number of hydrogen-bond acceptors (Lipinski definition) is 4. The van der Waals surface area contributed by atoms with E-state index in [2.05, 4.69) is 0 Å². The summed E-state index contributed by atoms with van der Waals surface area (Å²) < 4.78 is 9.87. The molecule has 74 valence electrons. The van der Waals surface area contributed by atoms with E-state index in [9.17, 15) is 9.59 Å². The van der Waals surface area contributed by atoms with Crippen molar-refractivity contribution in [1.82, 2.24) is 0 Å². The zero-order chi connectivity index (χ0) is 10.4. The maximum absolute atomic E-state index is 11.4. The van der Waals surface area contributed by atoms with Crippen molar-refractivity contribution in [3.8, 4) is 5.75 Å². The normalized spacial score (nSPS) is 22.4. The minimum absolute atomic E-state index is 0.475. The third kappa shape index (κ3) is 1.08. The largest absolute Gasteiger partial charge is 0.442 e. The average Bonchev–Trinajstić information content (AvgIpc) is 2.61. The number of hydrogen-bond donors (Lipinski definition) is 0. The molecule has 2 aliphatic rings. The second-order valence-corrected chi connectivity index (χ2v) is 3.33. The van der Waals surface area contributed by atoms with Crippen LogP contribution in [-0.2, 0) is 14.3 Å². The number of esters is 2. The third-order valence-electron chi connectivity index (χ3n) is 2.41. The summed E-state index contributed by atoms with van der Waals surface area (Å²) in [5, 5.41) is 0. The van der Waals surface area contributed by atoms with Crippen LogP contribution >= 0.6 is 0 Å². The van der Waals surface area contributed by atoms with Crippen molar-refractivity contribution in [2.45, 2.75) is 6.10 Å². The first-order valence-electron chi connectivity index (χ1n) is 4.49. The molecule has 2 heterocycles. The van der Waals surface area contributed by atoms with Crippen LogP contribution in [0.15, 0.2) is 30.3 Å². The zero-order valence-electron chi connectivity index (χ0n) is 7.60. The van der Waals surface area contributed by atoms with E-state index in [1.807, 2.05) is 6.07 Å². The molecule has 0 aromatic heterocycles. The van der Waals surface area contributed by atoms with Crippen molar-refractivity contribution in [3.63, 3.8) is 0 Å². The predicted molar refractivity (Wildman–Crippen MR) is 49.9 cm³/mol. The molecule has 0 saturated heterocycles. The molecule has 4 heteroatoms. The Kier molecular flexibility index (Phi) is 1.48. The van der Waals surface area contributed by atoms with E-state index < -0.39 is 18.0 Å². The fourth-order valence-electron chi connectivity index (χ4n) is 1.77. The molecule has 2 aliphatic heterocycles. The van der Waals surface area contributed by atoms with Crippen LogP contribution in [0, 0.1) is 0 Å². The number of fused-ring (bicyclic) bond motifs is 3. The minimum Gasteiger partial charge on any atom is -0.442 e. The Labute approximate surface area is 85.1 Å². The van der Waals surface area contributed by atoms with E-state index in [0.717, 1.165) is 5.56 Å². The van der Waals surface area contributed by atoms with Crippen LogP contribution < -0.4 is 4.74 Å². The van der Waals surface area contributed by atoms with Gasteiger partial charge in [0.25, 0.3) is 0 Å². The number of ether oxygens (including phenoxy) is 2. The molecule has 1 aromatic carbocycles. The Bertz CT molecular complexity index is 501. The van der Waals surface area contributed by atoms with Gasteiger partial charge in [0.15, 0.2) is 0 Å². The Hall–Kier alpha value is -2.10. The molecule has 0 amide bonds. The summed E-state index contributed by atoms with van der Waals surface area (Å²) in [6, 6.07) is 7.07. The van der Waals surface area contributed by atoms with E-state index in [1.54, 1.807) is 18.2 Å². The topological polar surface area (TPSA) is 52.6 Å². The standard InChI is InChI=1S/C11H6O4/c12-9-5-7-6-3-1-2-4-8(6)14-11(13)10(7)15-9/h1-5,10H. The van der Waals surface area contributed by atoms with Gasteiger partial charge in [-0.05, 0) is 6.07 Å². The highest BCUT2D eigenvalue weighted by Crippen LogP contribution is 2.37. The highest BCUT2D eigenvalue weighted by Gasteiger charge is 2.40. The molecule has 1 unspecified atom stereocenters. The highest BCUT2D eigenvalue weighted by molar-refractivity contribution is 6.08. The molecule has 1 aromatic rings. The van der Waals surface area contributed by atoms with Gasteiger partial charge in [-0.2, -0.15) is 0 Å². The van der Waals surface area contributed by atoms with Crippen LogP contribution in [0.3, 0.4) is 0 Å². The van der Waals surface area contributed by atoms with Gasteiger partial charge in [-0.15, -0.1) is 0 Å². The summed E-state index contributed by atoms with van der Waals surface area (Å²) in [5.74, 6) is -0.558. The van der Waals surface area contributed by atoms with Gasteiger partial charge in [-0.3, -0.25) is 0 Å². The van der Waals surface area contributed by atoms with Gasteiger partial charge in [0.05, 0.1) is 0 Å². The maximum Gasteiger partial charge on any atom is 0.357 e. The van der Waals surface area contributed by atoms with Crippen molar-refractivity contribution in [3.05, 3.63) is 35.9 Å². The first kappa shape index (κ1) is 8.23. The molecule has 4 nitrogen and oxygen atoms in total. The molecule has 0 fully saturated rings. The van der Waals surface area contributed by atoms with Crippen molar-refractivity contribution in [2.24, 2.45) is 0 Å². The fraction of sp³-hybridized carbons (Fsp3) is 0.0909. The van der Waals surface area contributed by atoms with Gasteiger partial charge in [0.2, 0.25) is 6.10 Å². The predicted octanol–water partition coefficient (Wildman–Crippen LogP) is 0.914. The lowest BCUT2D eigenvalue weighted by atomic mass is 9.98. The van der Waals surface area contributed by atoms with Gasteiger partial charge in [0, 0.05) is 17.2 Å². The van der Waals surface area contributed by atoms with Crippen LogP contribution in [0.1, 0.15) is 5.56 Å². The van der Waals surface area contributed by atoms with E-state index in [0.29, 0.717) is 11.3 Å². The van der Waals surface area contributed by atoms with Crippen LogP contribution in [0.5, 0.6) is 5.75 Å². The van der Waals surface area contributed by atoms with Gasteiger partial charge in [-0.25, -0.2) is 9.59 Å². The molecule has 3 rings (SSSR count). The van der Waals surface area contributed by atoms with Gasteiger partial charge >= 0.3 is 11.9 Å². The average molecular weight is 202 g/mol. The van der Waals surface area contributed by atoms with Gasteiger partial charge < -0.3 is 9.47 Å². The number of benzene rings is 1. The molecule has 0 bridgehead atoms. The van der Waals surface area contributed by atoms with Gasteiger partial charge in [0.1, 0.15) is 5.75 Å². The van der Waals surface area contributed by atoms with E-state index in [4.69, 9.17) is 9.47 Å². The molecule has 0 N–H and O–H groups in total. The molecule has 0 spiro atoms. The first-order chi connectivity index (χ1) is 7.25. The van der Waals surface area contributed by atoms with Crippen LogP contribution in [0.2, 0.25) is 0 Å². The van der Waals surface area contributed by atoms with E-state index in [-0.39, 0.29) is 0 Å². The second kappa shape index (κ2) is 2.70.